The van der Waals surface area contributed by atoms with Crippen LogP contribution < -0.4 is 21.3 Å². The van der Waals surface area contributed by atoms with Crippen LogP contribution in [0.2, 0.25) is 0 Å². The number of carbonyl (C=O) groups excluding carboxylic acids is 3. The van der Waals surface area contributed by atoms with E-state index in [1.54, 1.807) is 48.5 Å². The zero-order chi connectivity index (χ0) is 25.2. The lowest BCUT2D eigenvalue weighted by Crippen LogP contribution is -2.36. The number of benzene rings is 3. The maximum Gasteiger partial charge on any atom is 0.251 e. The Hall–Kier alpha value is -4.13. The van der Waals surface area contributed by atoms with Gasteiger partial charge in [0.2, 0.25) is 5.91 Å². The van der Waals surface area contributed by atoms with E-state index >= 15 is 0 Å². The molecule has 36 heavy (non-hydrogen) atoms. The maximum atomic E-state index is 12.4. The minimum Gasteiger partial charge on any atom is -0.376 e. The number of rotatable bonds is 9. The lowest BCUT2D eigenvalue weighted by molar-refractivity contribution is -0.114. The van der Waals surface area contributed by atoms with Crippen molar-refractivity contribution < 1.29 is 14.4 Å². The highest BCUT2D eigenvalue weighted by Crippen LogP contribution is 2.18. The summed E-state index contributed by atoms with van der Waals surface area (Å²) in [6.07, 6.45) is 5.68. The maximum absolute atomic E-state index is 12.4. The average molecular weight is 485 g/mol. The molecule has 0 heterocycles. The Labute approximate surface area is 211 Å². The van der Waals surface area contributed by atoms with Gasteiger partial charge in [0, 0.05) is 35.1 Å². The molecule has 3 amide bonds. The van der Waals surface area contributed by atoms with Crippen molar-refractivity contribution in [1.29, 1.82) is 0 Å². The largest absolute Gasteiger partial charge is 0.376 e. The van der Waals surface area contributed by atoms with Gasteiger partial charge in [0.05, 0.1) is 6.54 Å². The lowest BCUT2D eigenvalue weighted by Gasteiger charge is -2.22. The molecule has 186 valence electrons. The van der Waals surface area contributed by atoms with Crippen LogP contribution >= 0.6 is 0 Å². The molecule has 1 aliphatic rings. The highest BCUT2D eigenvalue weighted by molar-refractivity contribution is 5.97. The summed E-state index contributed by atoms with van der Waals surface area (Å²) in [4.78, 5) is 37.1. The Morgan fingerprint density at radius 1 is 0.694 bits per heavy atom. The van der Waals surface area contributed by atoms with Crippen LogP contribution in [0.25, 0.3) is 0 Å². The standard InChI is InChI=1S/C29H32N4O3/c34-27(20-30-24-15-11-23(12-16-24)29(36)33-25-9-5-2-6-10-25)32-26-17-13-22(14-18-26)28(35)31-19-21-7-3-1-4-8-21/h1,3-4,7-8,11-18,25,30H,2,5-6,9-10,19-20H2,(H,31,35)(H,32,34)(H,33,36). The van der Waals surface area contributed by atoms with Crippen LogP contribution in [0.1, 0.15) is 58.4 Å². The fourth-order valence-corrected chi connectivity index (χ4v) is 4.23. The molecule has 1 fully saturated rings. The molecule has 7 heteroatoms. The van der Waals surface area contributed by atoms with E-state index in [2.05, 4.69) is 21.3 Å². The van der Waals surface area contributed by atoms with Crippen LogP contribution in [0.15, 0.2) is 78.9 Å². The zero-order valence-electron chi connectivity index (χ0n) is 20.3. The van der Waals surface area contributed by atoms with Crippen LogP contribution in [-0.2, 0) is 11.3 Å². The first kappa shape index (κ1) is 25.0. The summed E-state index contributed by atoms with van der Waals surface area (Å²) in [6, 6.07) is 23.9. The Morgan fingerprint density at radius 2 is 1.31 bits per heavy atom. The molecule has 7 nitrogen and oxygen atoms in total. The molecule has 0 radical (unpaired) electrons. The van der Waals surface area contributed by atoms with E-state index in [0.29, 0.717) is 23.4 Å². The topological polar surface area (TPSA) is 99.3 Å². The fourth-order valence-electron chi connectivity index (χ4n) is 4.23. The third-order valence-electron chi connectivity index (χ3n) is 6.27. The van der Waals surface area contributed by atoms with Gasteiger partial charge < -0.3 is 21.3 Å². The van der Waals surface area contributed by atoms with Crippen molar-refractivity contribution >= 4 is 29.1 Å². The first-order valence-electron chi connectivity index (χ1n) is 12.4. The second-order valence-corrected chi connectivity index (χ2v) is 9.03. The Morgan fingerprint density at radius 3 is 1.97 bits per heavy atom. The molecule has 0 bridgehead atoms. The van der Waals surface area contributed by atoms with Crippen molar-refractivity contribution in [2.75, 3.05) is 17.2 Å². The number of amides is 3. The molecule has 4 rings (SSSR count). The molecule has 0 aromatic heterocycles. The minimum atomic E-state index is -0.213. The molecule has 0 unspecified atom stereocenters. The Bertz CT molecular complexity index is 1160. The van der Waals surface area contributed by atoms with Crippen molar-refractivity contribution in [3.8, 4) is 0 Å². The van der Waals surface area contributed by atoms with Gasteiger partial charge in [-0.1, -0.05) is 49.6 Å². The van der Waals surface area contributed by atoms with E-state index < -0.39 is 0 Å². The number of anilines is 2. The van der Waals surface area contributed by atoms with Gasteiger partial charge >= 0.3 is 0 Å². The third kappa shape index (κ3) is 7.43. The quantitative estimate of drug-likeness (QED) is 0.353. The monoisotopic (exact) mass is 484 g/mol. The molecule has 1 saturated carbocycles. The average Bonchev–Trinajstić information content (AvgIpc) is 2.92. The van der Waals surface area contributed by atoms with Crippen LogP contribution in [0.4, 0.5) is 11.4 Å². The highest BCUT2D eigenvalue weighted by atomic mass is 16.2. The van der Waals surface area contributed by atoms with E-state index in [9.17, 15) is 14.4 Å². The van der Waals surface area contributed by atoms with E-state index in [4.69, 9.17) is 0 Å². The Kier molecular flexibility index (Phi) is 8.70. The third-order valence-corrected chi connectivity index (χ3v) is 6.27. The van der Waals surface area contributed by atoms with Gasteiger partial charge in [-0.3, -0.25) is 14.4 Å². The van der Waals surface area contributed by atoms with Gasteiger partial charge in [-0.15, -0.1) is 0 Å². The van der Waals surface area contributed by atoms with Crippen molar-refractivity contribution in [3.05, 3.63) is 95.6 Å². The molecule has 4 N–H and O–H groups in total. The molecule has 3 aromatic rings. The first-order valence-corrected chi connectivity index (χ1v) is 12.4. The van der Waals surface area contributed by atoms with Crippen molar-refractivity contribution in [2.45, 2.75) is 44.7 Å². The predicted octanol–water partition coefficient (Wildman–Crippen LogP) is 4.73. The number of hydrogen-bond acceptors (Lipinski definition) is 4. The summed E-state index contributed by atoms with van der Waals surface area (Å²) >= 11 is 0. The molecule has 0 saturated heterocycles. The highest BCUT2D eigenvalue weighted by Gasteiger charge is 2.16. The van der Waals surface area contributed by atoms with Crippen molar-refractivity contribution in [2.24, 2.45) is 0 Å². The summed E-state index contributed by atoms with van der Waals surface area (Å²) < 4.78 is 0. The molecule has 0 atom stereocenters. The van der Waals surface area contributed by atoms with Gasteiger partial charge in [-0.25, -0.2) is 0 Å². The molecule has 0 spiro atoms. The predicted molar refractivity (Wildman–Crippen MR) is 142 cm³/mol. The molecule has 1 aliphatic carbocycles. The summed E-state index contributed by atoms with van der Waals surface area (Å²) in [6.45, 7) is 0.531. The molecule has 0 aliphatic heterocycles. The minimum absolute atomic E-state index is 0.0524. The number of carbonyl (C=O) groups is 3. The van der Waals surface area contributed by atoms with Gasteiger partial charge in [0.1, 0.15) is 0 Å². The molecular formula is C29H32N4O3. The summed E-state index contributed by atoms with van der Waals surface area (Å²) in [7, 11) is 0. The van der Waals surface area contributed by atoms with Gasteiger partial charge in [0.25, 0.3) is 11.8 Å². The number of hydrogen-bond donors (Lipinski definition) is 4. The second kappa shape index (κ2) is 12.5. The van der Waals surface area contributed by atoms with Crippen LogP contribution in [0.5, 0.6) is 0 Å². The van der Waals surface area contributed by atoms with E-state index in [1.807, 2.05) is 30.3 Å². The zero-order valence-corrected chi connectivity index (χ0v) is 20.3. The van der Waals surface area contributed by atoms with Gasteiger partial charge in [0.15, 0.2) is 0 Å². The lowest BCUT2D eigenvalue weighted by atomic mass is 9.95. The van der Waals surface area contributed by atoms with Crippen LogP contribution in [0.3, 0.4) is 0 Å². The van der Waals surface area contributed by atoms with E-state index in [0.717, 1.165) is 24.1 Å². The Balaban J connectivity index is 1.20. The molecule has 3 aromatic carbocycles. The summed E-state index contributed by atoms with van der Waals surface area (Å²) in [5, 5.41) is 11.9. The van der Waals surface area contributed by atoms with Crippen LogP contribution in [-0.4, -0.2) is 30.3 Å². The van der Waals surface area contributed by atoms with Gasteiger partial charge in [-0.05, 0) is 66.9 Å². The second-order valence-electron chi connectivity index (χ2n) is 9.03. The van der Waals surface area contributed by atoms with E-state index in [1.165, 1.54) is 19.3 Å². The van der Waals surface area contributed by atoms with Crippen molar-refractivity contribution in [1.82, 2.24) is 10.6 Å². The first-order chi connectivity index (χ1) is 17.6. The number of nitrogens with one attached hydrogen (secondary N) is 4. The smallest absolute Gasteiger partial charge is 0.251 e. The molecular weight excluding hydrogens is 452 g/mol. The van der Waals surface area contributed by atoms with Crippen LogP contribution in [0, 0.1) is 0 Å². The van der Waals surface area contributed by atoms with Gasteiger partial charge in [-0.2, -0.15) is 0 Å². The fraction of sp³-hybridized carbons (Fsp3) is 0.276. The van der Waals surface area contributed by atoms with E-state index in [-0.39, 0.29) is 30.3 Å². The summed E-state index contributed by atoms with van der Waals surface area (Å²) in [5.74, 6) is -0.437. The SMILES string of the molecule is O=C(CNc1ccc(C(=O)NC2CCCCC2)cc1)Nc1ccc(C(=O)NCc2ccccc2)cc1. The normalized spacial score (nSPS) is 13.4. The van der Waals surface area contributed by atoms with Crippen molar-refractivity contribution in [3.63, 3.8) is 0 Å². The summed E-state index contributed by atoms with van der Waals surface area (Å²) in [5.41, 5.74) is 3.53.